The second-order valence-corrected chi connectivity index (χ2v) is 6.04. The molecule has 120 valence electrons. The first-order valence-corrected chi connectivity index (χ1v) is 8.13. The fourth-order valence-corrected chi connectivity index (χ4v) is 3.12. The zero-order valence-electron chi connectivity index (χ0n) is 13.2. The maximum Gasteiger partial charge on any atom is 0.166 e. The minimum Gasteiger partial charge on any atom is -0.498 e. The Hall–Kier alpha value is -1.46. The largest absolute Gasteiger partial charge is 0.498 e. The van der Waals surface area contributed by atoms with Gasteiger partial charge in [-0.1, -0.05) is 0 Å². The van der Waals surface area contributed by atoms with Crippen LogP contribution in [0, 0.1) is 0 Å². The van der Waals surface area contributed by atoms with Crippen LogP contribution in [0.1, 0.15) is 26.2 Å². The van der Waals surface area contributed by atoms with E-state index in [0.717, 1.165) is 69.2 Å². The summed E-state index contributed by atoms with van der Waals surface area (Å²) in [6.45, 7) is 7.51. The van der Waals surface area contributed by atoms with Gasteiger partial charge in [-0.3, -0.25) is 14.7 Å². The van der Waals surface area contributed by atoms with Crippen LogP contribution in [0.4, 0.5) is 0 Å². The maximum atomic E-state index is 11.9. The maximum absolute atomic E-state index is 11.9. The average molecular weight is 304 g/mol. The second-order valence-electron chi connectivity index (χ2n) is 6.04. The molecule has 0 bridgehead atoms. The van der Waals surface area contributed by atoms with Crippen LogP contribution in [0.15, 0.2) is 28.0 Å². The van der Waals surface area contributed by atoms with Crippen molar-refractivity contribution in [2.75, 3.05) is 39.5 Å². The van der Waals surface area contributed by atoms with Gasteiger partial charge in [0, 0.05) is 44.3 Å². The highest BCUT2D eigenvalue weighted by Crippen LogP contribution is 2.30. The standard InChI is InChI=1S/C17H24N2O3/c1-13-11-14-15(18-4-3-16(14)20)12-17(13)22-8-2-5-19-6-9-21-10-7-19/h4,11,15H,2-3,5-10,12H2,1H3. The fourth-order valence-electron chi connectivity index (χ4n) is 3.12. The van der Waals surface area contributed by atoms with E-state index in [-0.39, 0.29) is 11.8 Å². The van der Waals surface area contributed by atoms with E-state index in [1.165, 1.54) is 0 Å². The summed E-state index contributed by atoms with van der Waals surface area (Å²) in [6, 6.07) is -0.0285. The fraction of sp³-hybridized carbons (Fsp3) is 0.647. The van der Waals surface area contributed by atoms with Crippen molar-refractivity contribution in [1.29, 1.82) is 0 Å². The molecule has 1 unspecified atom stereocenters. The smallest absolute Gasteiger partial charge is 0.166 e. The lowest BCUT2D eigenvalue weighted by Crippen LogP contribution is -2.37. The number of allylic oxidation sites excluding steroid dienone is 2. The van der Waals surface area contributed by atoms with Crippen LogP contribution in [0.5, 0.6) is 0 Å². The van der Waals surface area contributed by atoms with Crippen molar-refractivity contribution in [2.24, 2.45) is 4.99 Å². The number of Topliss-reactive ketones (excluding diaryl/α,β-unsaturated/α-hetero) is 1. The molecule has 0 aromatic heterocycles. The predicted molar refractivity (Wildman–Crippen MR) is 85.1 cm³/mol. The lowest BCUT2D eigenvalue weighted by molar-refractivity contribution is -0.114. The SMILES string of the molecule is CC1=C(OCCCN2CCOCC2)CC2N=CCC(=O)C2=C1. The minimum atomic E-state index is -0.0285. The molecular weight excluding hydrogens is 280 g/mol. The van der Waals surface area contributed by atoms with Gasteiger partial charge in [0.1, 0.15) is 5.76 Å². The molecule has 3 aliphatic rings. The zero-order valence-corrected chi connectivity index (χ0v) is 13.2. The van der Waals surface area contributed by atoms with Crippen molar-refractivity contribution in [3.05, 3.63) is 23.0 Å². The number of ketones is 1. The van der Waals surface area contributed by atoms with Crippen molar-refractivity contribution in [3.63, 3.8) is 0 Å². The van der Waals surface area contributed by atoms with Crippen molar-refractivity contribution >= 4 is 12.0 Å². The van der Waals surface area contributed by atoms with E-state index in [0.29, 0.717) is 6.42 Å². The quantitative estimate of drug-likeness (QED) is 0.726. The summed E-state index contributed by atoms with van der Waals surface area (Å²) in [7, 11) is 0. The molecule has 0 saturated carbocycles. The molecule has 5 nitrogen and oxygen atoms in total. The number of ether oxygens (including phenoxy) is 2. The van der Waals surface area contributed by atoms with E-state index < -0.39 is 0 Å². The number of fused-ring (bicyclic) bond motifs is 1. The van der Waals surface area contributed by atoms with Crippen LogP contribution in [-0.4, -0.2) is 62.4 Å². The number of hydrogen-bond donors (Lipinski definition) is 0. The van der Waals surface area contributed by atoms with Crippen LogP contribution in [0.2, 0.25) is 0 Å². The monoisotopic (exact) mass is 304 g/mol. The van der Waals surface area contributed by atoms with Crippen LogP contribution in [-0.2, 0) is 14.3 Å². The van der Waals surface area contributed by atoms with Gasteiger partial charge in [-0.15, -0.1) is 0 Å². The highest BCUT2D eigenvalue weighted by Gasteiger charge is 2.28. The molecule has 1 aliphatic carbocycles. The van der Waals surface area contributed by atoms with Gasteiger partial charge in [0.05, 0.1) is 25.9 Å². The number of carbonyl (C=O) groups is 1. The van der Waals surface area contributed by atoms with Gasteiger partial charge in [0.25, 0.3) is 0 Å². The van der Waals surface area contributed by atoms with E-state index in [1.54, 1.807) is 6.21 Å². The summed E-state index contributed by atoms with van der Waals surface area (Å²) in [5.74, 6) is 1.19. The molecule has 5 heteroatoms. The number of carbonyl (C=O) groups excluding carboxylic acids is 1. The molecular formula is C17H24N2O3. The van der Waals surface area contributed by atoms with E-state index in [4.69, 9.17) is 9.47 Å². The summed E-state index contributed by atoms with van der Waals surface area (Å²) in [5, 5.41) is 0. The Morgan fingerprint density at radius 3 is 3.05 bits per heavy atom. The molecule has 1 fully saturated rings. The summed E-state index contributed by atoms with van der Waals surface area (Å²) < 4.78 is 11.3. The Morgan fingerprint density at radius 1 is 1.41 bits per heavy atom. The van der Waals surface area contributed by atoms with E-state index in [1.807, 2.05) is 13.0 Å². The van der Waals surface area contributed by atoms with Crippen molar-refractivity contribution in [3.8, 4) is 0 Å². The van der Waals surface area contributed by atoms with Gasteiger partial charge in [-0.25, -0.2) is 0 Å². The third kappa shape index (κ3) is 3.65. The summed E-state index contributed by atoms with van der Waals surface area (Å²) in [5.41, 5.74) is 1.92. The van der Waals surface area contributed by atoms with Crippen LogP contribution >= 0.6 is 0 Å². The number of rotatable bonds is 5. The number of morpholine rings is 1. The normalized spacial score (nSPS) is 26.0. The highest BCUT2D eigenvalue weighted by atomic mass is 16.5. The Balaban J connectivity index is 1.49. The summed E-state index contributed by atoms with van der Waals surface area (Å²) in [6.07, 6.45) is 5.87. The molecule has 22 heavy (non-hydrogen) atoms. The molecule has 2 aliphatic heterocycles. The topological polar surface area (TPSA) is 51.1 Å². The zero-order chi connectivity index (χ0) is 15.4. The van der Waals surface area contributed by atoms with Gasteiger partial charge in [0.15, 0.2) is 5.78 Å². The summed E-state index contributed by atoms with van der Waals surface area (Å²) in [4.78, 5) is 18.7. The lowest BCUT2D eigenvalue weighted by Gasteiger charge is -2.27. The van der Waals surface area contributed by atoms with Gasteiger partial charge >= 0.3 is 0 Å². The molecule has 1 saturated heterocycles. The predicted octanol–water partition coefficient (Wildman–Crippen LogP) is 1.74. The molecule has 0 N–H and O–H groups in total. The van der Waals surface area contributed by atoms with Crippen molar-refractivity contribution < 1.29 is 14.3 Å². The number of hydrogen-bond acceptors (Lipinski definition) is 5. The molecule has 0 aromatic rings. The van der Waals surface area contributed by atoms with Crippen molar-refractivity contribution in [1.82, 2.24) is 4.90 Å². The average Bonchev–Trinajstić information content (AvgIpc) is 2.54. The van der Waals surface area contributed by atoms with Gasteiger partial charge < -0.3 is 9.47 Å². The highest BCUT2D eigenvalue weighted by molar-refractivity contribution is 6.06. The van der Waals surface area contributed by atoms with Crippen LogP contribution in [0.3, 0.4) is 0 Å². The minimum absolute atomic E-state index is 0.0285. The van der Waals surface area contributed by atoms with E-state index >= 15 is 0 Å². The van der Waals surface area contributed by atoms with Crippen molar-refractivity contribution in [2.45, 2.75) is 32.2 Å². The summed E-state index contributed by atoms with van der Waals surface area (Å²) >= 11 is 0. The molecule has 0 amide bonds. The van der Waals surface area contributed by atoms with Crippen LogP contribution < -0.4 is 0 Å². The Kier molecular flexibility index (Phi) is 5.05. The molecule has 3 rings (SSSR count). The Labute approximate surface area is 131 Å². The third-order valence-electron chi connectivity index (χ3n) is 4.43. The third-order valence-corrected chi connectivity index (χ3v) is 4.43. The lowest BCUT2D eigenvalue weighted by atomic mass is 9.88. The number of aliphatic imine (C=N–C) groups is 1. The second kappa shape index (κ2) is 7.20. The molecule has 1 atom stereocenters. The Bertz CT molecular complexity index is 516. The number of nitrogens with zero attached hydrogens (tertiary/aromatic N) is 2. The van der Waals surface area contributed by atoms with E-state index in [2.05, 4.69) is 9.89 Å². The van der Waals surface area contributed by atoms with Crippen LogP contribution in [0.25, 0.3) is 0 Å². The first-order chi connectivity index (χ1) is 10.7. The molecule has 2 heterocycles. The van der Waals surface area contributed by atoms with Gasteiger partial charge in [0.2, 0.25) is 0 Å². The van der Waals surface area contributed by atoms with E-state index in [9.17, 15) is 4.79 Å². The van der Waals surface area contributed by atoms with Gasteiger partial charge in [-0.2, -0.15) is 0 Å². The first-order valence-electron chi connectivity index (χ1n) is 8.13. The first kappa shape index (κ1) is 15.4. The Morgan fingerprint density at radius 2 is 2.23 bits per heavy atom. The molecule has 0 spiro atoms. The molecule has 0 radical (unpaired) electrons. The van der Waals surface area contributed by atoms with Gasteiger partial charge in [-0.05, 0) is 25.0 Å². The molecule has 0 aromatic carbocycles.